The summed E-state index contributed by atoms with van der Waals surface area (Å²) in [7, 11) is -3.00. The molecule has 0 atom stereocenters. The van der Waals surface area contributed by atoms with Crippen LogP contribution in [0.5, 0.6) is 0 Å². The summed E-state index contributed by atoms with van der Waals surface area (Å²) in [6.45, 7) is 5.50. The van der Waals surface area contributed by atoms with Crippen LogP contribution < -0.4 is 5.73 Å². The van der Waals surface area contributed by atoms with Crippen molar-refractivity contribution in [1.29, 1.82) is 0 Å². The molecule has 2 N–H and O–H groups in total. The van der Waals surface area contributed by atoms with E-state index in [1.807, 2.05) is 0 Å². The Hall–Kier alpha value is -0.620. The molecule has 0 aromatic carbocycles. The number of carbonyl (C=O) groups excluding carboxylic acids is 1. The van der Waals surface area contributed by atoms with Gasteiger partial charge in [0.2, 0.25) is 0 Å². The summed E-state index contributed by atoms with van der Waals surface area (Å²) in [5, 5.41) is 0. The van der Waals surface area contributed by atoms with Crippen molar-refractivity contribution in [2.24, 2.45) is 11.1 Å². The fourth-order valence-corrected chi connectivity index (χ4v) is 3.41. The van der Waals surface area contributed by atoms with E-state index in [4.69, 9.17) is 10.5 Å². The van der Waals surface area contributed by atoms with Crippen LogP contribution in [-0.2, 0) is 19.4 Å². The molecule has 1 heterocycles. The number of esters is 1. The monoisotopic (exact) mass is 263 g/mol. The average molecular weight is 263 g/mol. The van der Waals surface area contributed by atoms with Crippen LogP contribution in [0.2, 0.25) is 0 Å². The quantitative estimate of drug-likeness (QED) is 0.732. The molecule has 6 heteroatoms. The fraction of sp³-hybridized carbons (Fsp3) is 0.909. The number of rotatable bonds is 2. The SMILES string of the molecule is CC(C)(C)OC(=O)C1(CN)CCS(=O)(=O)CC1. The zero-order valence-corrected chi connectivity index (χ0v) is 11.5. The lowest BCUT2D eigenvalue weighted by molar-refractivity contribution is -0.167. The molecule has 0 saturated carbocycles. The zero-order valence-electron chi connectivity index (χ0n) is 10.7. The van der Waals surface area contributed by atoms with Gasteiger partial charge in [0.25, 0.3) is 0 Å². The van der Waals surface area contributed by atoms with E-state index >= 15 is 0 Å². The van der Waals surface area contributed by atoms with Gasteiger partial charge in [0, 0.05) is 6.54 Å². The lowest BCUT2D eigenvalue weighted by Gasteiger charge is -2.35. The van der Waals surface area contributed by atoms with E-state index in [1.54, 1.807) is 20.8 Å². The maximum Gasteiger partial charge on any atom is 0.313 e. The highest BCUT2D eigenvalue weighted by atomic mass is 32.2. The molecule has 1 saturated heterocycles. The van der Waals surface area contributed by atoms with Gasteiger partial charge in [-0.25, -0.2) is 8.42 Å². The number of hydrogen-bond acceptors (Lipinski definition) is 5. The molecule has 1 fully saturated rings. The van der Waals surface area contributed by atoms with E-state index in [9.17, 15) is 13.2 Å². The number of nitrogens with two attached hydrogens (primary N) is 1. The molecule has 0 amide bonds. The van der Waals surface area contributed by atoms with Gasteiger partial charge >= 0.3 is 5.97 Å². The van der Waals surface area contributed by atoms with E-state index < -0.39 is 20.9 Å². The molecular formula is C11H21NO4S. The average Bonchev–Trinajstić information content (AvgIpc) is 2.16. The van der Waals surface area contributed by atoms with Crippen molar-refractivity contribution in [1.82, 2.24) is 0 Å². The molecule has 0 spiro atoms. The van der Waals surface area contributed by atoms with Crippen LogP contribution in [0.15, 0.2) is 0 Å². The van der Waals surface area contributed by atoms with Crippen LogP contribution >= 0.6 is 0 Å². The van der Waals surface area contributed by atoms with Crippen molar-refractivity contribution >= 4 is 15.8 Å². The van der Waals surface area contributed by atoms with Gasteiger partial charge in [-0.05, 0) is 33.6 Å². The summed E-state index contributed by atoms with van der Waals surface area (Å²) in [4.78, 5) is 12.1. The molecule has 0 radical (unpaired) electrons. The van der Waals surface area contributed by atoms with E-state index in [0.29, 0.717) is 0 Å². The van der Waals surface area contributed by atoms with Crippen molar-refractivity contribution in [3.05, 3.63) is 0 Å². The molecule has 1 aliphatic heterocycles. The molecule has 100 valence electrons. The Morgan fingerprint density at radius 3 is 2.12 bits per heavy atom. The standard InChI is InChI=1S/C11H21NO4S/c1-10(2,3)16-9(13)11(8-12)4-6-17(14,15)7-5-11/h4-8,12H2,1-3H3. The van der Waals surface area contributed by atoms with Crippen LogP contribution in [0.1, 0.15) is 33.6 Å². The molecule has 0 unspecified atom stereocenters. The van der Waals surface area contributed by atoms with Crippen molar-refractivity contribution in [3.63, 3.8) is 0 Å². The summed E-state index contributed by atoms with van der Waals surface area (Å²) < 4.78 is 28.1. The second-order valence-corrected chi connectivity index (χ2v) is 7.94. The minimum Gasteiger partial charge on any atom is -0.460 e. The first-order valence-electron chi connectivity index (χ1n) is 5.74. The van der Waals surface area contributed by atoms with Crippen molar-refractivity contribution in [2.75, 3.05) is 18.1 Å². The Labute approximate surface area is 103 Å². The summed E-state index contributed by atoms with van der Waals surface area (Å²) in [6.07, 6.45) is 0.529. The number of carbonyl (C=O) groups is 1. The van der Waals surface area contributed by atoms with Gasteiger partial charge in [0.1, 0.15) is 15.4 Å². The second kappa shape index (κ2) is 4.57. The van der Waals surface area contributed by atoms with Crippen LogP contribution in [0.25, 0.3) is 0 Å². The normalized spacial score (nSPS) is 23.1. The van der Waals surface area contributed by atoms with Crippen LogP contribution in [0.3, 0.4) is 0 Å². The summed E-state index contributed by atoms with van der Waals surface area (Å²) in [6, 6.07) is 0. The predicted octanol–water partition coefficient (Wildman–Crippen LogP) is 0.482. The highest BCUT2D eigenvalue weighted by molar-refractivity contribution is 7.91. The van der Waals surface area contributed by atoms with Gasteiger partial charge in [-0.2, -0.15) is 0 Å². The van der Waals surface area contributed by atoms with E-state index in [0.717, 1.165) is 0 Å². The highest BCUT2D eigenvalue weighted by Crippen LogP contribution is 2.34. The van der Waals surface area contributed by atoms with Crippen LogP contribution in [-0.4, -0.2) is 38.0 Å². The van der Waals surface area contributed by atoms with Gasteiger partial charge in [-0.15, -0.1) is 0 Å². The number of ether oxygens (including phenoxy) is 1. The van der Waals surface area contributed by atoms with Gasteiger partial charge in [-0.1, -0.05) is 0 Å². The second-order valence-electron chi connectivity index (χ2n) is 5.64. The predicted molar refractivity (Wildman–Crippen MR) is 65.2 cm³/mol. The molecule has 0 aliphatic carbocycles. The third kappa shape index (κ3) is 3.67. The molecule has 5 nitrogen and oxygen atoms in total. The van der Waals surface area contributed by atoms with Gasteiger partial charge in [0.05, 0.1) is 16.9 Å². The Kier molecular flexibility index (Phi) is 3.88. The topological polar surface area (TPSA) is 86.5 Å². The lowest BCUT2D eigenvalue weighted by atomic mass is 9.82. The maximum absolute atomic E-state index is 12.1. The number of sulfone groups is 1. The van der Waals surface area contributed by atoms with E-state index in [-0.39, 0.29) is 36.9 Å². The molecule has 0 bridgehead atoms. The first-order valence-corrected chi connectivity index (χ1v) is 7.56. The lowest BCUT2D eigenvalue weighted by Crippen LogP contribution is -2.47. The van der Waals surface area contributed by atoms with Crippen molar-refractivity contribution in [3.8, 4) is 0 Å². The molecule has 1 rings (SSSR count). The molecular weight excluding hydrogens is 242 g/mol. The molecule has 0 aromatic rings. The minimum absolute atomic E-state index is 0.0173. The minimum atomic E-state index is -3.00. The third-order valence-corrected chi connectivity index (χ3v) is 4.66. The maximum atomic E-state index is 12.1. The summed E-state index contributed by atoms with van der Waals surface area (Å²) in [5.74, 6) is -0.338. The summed E-state index contributed by atoms with van der Waals surface area (Å²) in [5.41, 5.74) is 4.26. The first kappa shape index (κ1) is 14.4. The number of hydrogen-bond donors (Lipinski definition) is 1. The van der Waals surface area contributed by atoms with Gasteiger partial charge in [-0.3, -0.25) is 4.79 Å². The third-order valence-electron chi connectivity index (χ3n) is 3.01. The van der Waals surface area contributed by atoms with Gasteiger partial charge < -0.3 is 10.5 Å². The fourth-order valence-electron chi connectivity index (χ4n) is 1.81. The van der Waals surface area contributed by atoms with E-state index in [1.165, 1.54) is 0 Å². The Morgan fingerprint density at radius 2 is 1.76 bits per heavy atom. The van der Waals surface area contributed by atoms with E-state index in [2.05, 4.69) is 0 Å². The van der Waals surface area contributed by atoms with Crippen molar-refractivity contribution < 1.29 is 17.9 Å². The molecule has 0 aromatic heterocycles. The smallest absolute Gasteiger partial charge is 0.313 e. The molecule has 17 heavy (non-hydrogen) atoms. The molecule has 1 aliphatic rings. The first-order chi connectivity index (χ1) is 7.60. The van der Waals surface area contributed by atoms with Crippen LogP contribution in [0.4, 0.5) is 0 Å². The van der Waals surface area contributed by atoms with Crippen LogP contribution in [0, 0.1) is 5.41 Å². The van der Waals surface area contributed by atoms with Gasteiger partial charge in [0.15, 0.2) is 0 Å². The van der Waals surface area contributed by atoms with Crippen molar-refractivity contribution in [2.45, 2.75) is 39.2 Å². The zero-order chi connectivity index (χ0) is 13.3. The highest BCUT2D eigenvalue weighted by Gasteiger charge is 2.44. The largest absolute Gasteiger partial charge is 0.460 e. The summed E-state index contributed by atoms with van der Waals surface area (Å²) >= 11 is 0. The Balaban J connectivity index is 2.81. The Bertz CT molecular complexity index is 380. The Morgan fingerprint density at radius 1 is 1.29 bits per heavy atom.